The second-order valence-electron chi connectivity index (χ2n) is 5.53. The van der Waals surface area contributed by atoms with Crippen LogP contribution in [0.3, 0.4) is 0 Å². The lowest BCUT2D eigenvalue weighted by atomic mass is 9.86. The molecule has 0 bridgehead atoms. The first-order chi connectivity index (χ1) is 11.2. The van der Waals surface area contributed by atoms with Crippen molar-refractivity contribution in [2.75, 3.05) is 0 Å². The lowest BCUT2D eigenvalue weighted by Crippen LogP contribution is -2.12. The maximum absolute atomic E-state index is 11.6. The molecule has 0 radical (unpaired) electrons. The fourth-order valence-electron chi connectivity index (χ4n) is 2.79. The van der Waals surface area contributed by atoms with E-state index in [1.807, 2.05) is 42.5 Å². The molecule has 1 amide bonds. The molecule has 0 aliphatic carbocycles. The third-order valence-electron chi connectivity index (χ3n) is 4.09. The second-order valence-corrected chi connectivity index (χ2v) is 5.53. The van der Waals surface area contributed by atoms with Gasteiger partial charge in [0, 0.05) is 23.9 Å². The predicted molar refractivity (Wildman–Crippen MR) is 92.1 cm³/mol. The first kappa shape index (κ1) is 15.0. The van der Waals surface area contributed by atoms with Crippen LogP contribution >= 0.6 is 0 Å². The molecular weight excluding hydrogens is 284 g/mol. The van der Waals surface area contributed by atoms with Crippen LogP contribution in [0.4, 0.5) is 0 Å². The number of hydrogen-bond donors (Lipinski definition) is 1. The van der Waals surface area contributed by atoms with Gasteiger partial charge in [-0.2, -0.15) is 0 Å². The van der Waals surface area contributed by atoms with Gasteiger partial charge >= 0.3 is 0 Å². The van der Waals surface area contributed by atoms with E-state index in [2.05, 4.69) is 24.0 Å². The van der Waals surface area contributed by atoms with Gasteiger partial charge in [-0.1, -0.05) is 43.3 Å². The van der Waals surface area contributed by atoms with Crippen molar-refractivity contribution < 1.29 is 4.79 Å². The minimum absolute atomic E-state index is 0.152. The van der Waals surface area contributed by atoms with Gasteiger partial charge in [0.2, 0.25) is 5.91 Å². The van der Waals surface area contributed by atoms with Crippen LogP contribution in [0.5, 0.6) is 0 Å². The second kappa shape index (κ2) is 6.44. The van der Waals surface area contributed by atoms with Crippen molar-refractivity contribution in [1.29, 1.82) is 0 Å². The number of pyridine rings is 1. The highest BCUT2D eigenvalue weighted by Gasteiger charge is 2.16. The number of rotatable bonds is 4. The molecule has 3 rings (SSSR count). The highest BCUT2D eigenvalue weighted by atomic mass is 16.1. The molecule has 0 spiro atoms. The highest BCUT2D eigenvalue weighted by Crippen LogP contribution is 2.33. The van der Waals surface area contributed by atoms with Crippen molar-refractivity contribution in [2.45, 2.75) is 12.8 Å². The molecule has 3 nitrogen and oxygen atoms in total. The van der Waals surface area contributed by atoms with Crippen molar-refractivity contribution in [3.8, 4) is 11.1 Å². The Morgan fingerprint density at radius 1 is 1.00 bits per heavy atom. The number of nitrogens with zero attached hydrogens (tertiary/aromatic N) is 1. The normalized spacial score (nSPS) is 11.9. The number of benzene rings is 2. The van der Waals surface area contributed by atoms with Crippen LogP contribution in [0, 0.1) is 0 Å². The number of amides is 1. The average Bonchev–Trinajstić information content (AvgIpc) is 2.62. The van der Waals surface area contributed by atoms with E-state index in [4.69, 9.17) is 5.73 Å². The zero-order valence-corrected chi connectivity index (χ0v) is 12.9. The molecule has 3 heteroatoms. The molecule has 0 aliphatic heterocycles. The lowest BCUT2D eigenvalue weighted by Gasteiger charge is -2.18. The van der Waals surface area contributed by atoms with Gasteiger partial charge in [-0.25, -0.2) is 0 Å². The summed E-state index contributed by atoms with van der Waals surface area (Å²) < 4.78 is 0. The Balaban J connectivity index is 2.15. The quantitative estimate of drug-likeness (QED) is 0.792. The maximum Gasteiger partial charge on any atom is 0.248 e. The third kappa shape index (κ3) is 3.14. The number of nitrogens with two attached hydrogens (primary N) is 1. The maximum atomic E-state index is 11.6. The van der Waals surface area contributed by atoms with Gasteiger partial charge in [0.1, 0.15) is 0 Å². The molecule has 1 unspecified atom stereocenters. The Morgan fingerprint density at radius 2 is 1.70 bits per heavy atom. The number of aromatic nitrogens is 1. The van der Waals surface area contributed by atoms with E-state index in [1.165, 1.54) is 5.56 Å². The minimum Gasteiger partial charge on any atom is -0.366 e. The molecule has 3 aromatic rings. The summed E-state index contributed by atoms with van der Waals surface area (Å²) in [5.74, 6) is -0.258. The van der Waals surface area contributed by atoms with E-state index >= 15 is 0 Å². The van der Waals surface area contributed by atoms with E-state index in [-0.39, 0.29) is 5.92 Å². The number of carbonyl (C=O) groups excluding carboxylic acids is 1. The molecule has 114 valence electrons. The SMILES string of the molecule is CC(c1ccccc1)c1cc(C(N)=O)ccc1-c1ccncc1. The minimum atomic E-state index is -0.409. The number of carbonyl (C=O) groups is 1. The number of hydrogen-bond acceptors (Lipinski definition) is 2. The van der Waals surface area contributed by atoms with Crippen molar-refractivity contribution in [3.63, 3.8) is 0 Å². The molecule has 1 atom stereocenters. The van der Waals surface area contributed by atoms with Gasteiger partial charge in [-0.3, -0.25) is 9.78 Å². The summed E-state index contributed by atoms with van der Waals surface area (Å²) >= 11 is 0. The van der Waals surface area contributed by atoms with Gasteiger partial charge in [-0.15, -0.1) is 0 Å². The van der Waals surface area contributed by atoms with Crippen molar-refractivity contribution >= 4 is 5.91 Å². The Morgan fingerprint density at radius 3 is 2.35 bits per heavy atom. The average molecular weight is 302 g/mol. The zero-order chi connectivity index (χ0) is 16.2. The first-order valence-corrected chi connectivity index (χ1v) is 7.56. The summed E-state index contributed by atoms with van der Waals surface area (Å²) in [5, 5.41) is 0. The van der Waals surface area contributed by atoms with Crippen LogP contribution in [-0.2, 0) is 0 Å². The molecule has 0 fully saturated rings. The smallest absolute Gasteiger partial charge is 0.248 e. The molecular formula is C20H18N2O. The summed E-state index contributed by atoms with van der Waals surface area (Å²) in [4.78, 5) is 15.6. The van der Waals surface area contributed by atoms with E-state index in [0.717, 1.165) is 16.7 Å². The molecule has 0 saturated carbocycles. The van der Waals surface area contributed by atoms with Gasteiger partial charge in [0.05, 0.1) is 0 Å². The van der Waals surface area contributed by atoms with E-state index in [0.29, 0.717) is 5.56 Å². The van der Waals surface area contributed by atoms with Crippen LogP contribution in [0.1, 0.15) is 34.3 Å². The third-order valence-corrected chi connectivity index (χ3v) is 4.09. The monoisotopic (exact) mass is 302 g/mol. The summed E-state index contributed by atoms with van der Waals surface area (Å²) in [6.07, 6.45) is 3.54. The van der Waals surface area contributed by atoms with Crippen molar-refractivity contribution in [1.82, 2.24) is 4.98 Å². The van der Waals surface area contributed by atoms with Crippen molar-refractivity contribution in [2.24, 2.45) is 5.73 Å². The Kier molecular flexibility index (Phi) is 4.20. The van der Waals surface area contributed by atoms with Gasteiger partial charge in [-0.05, 0) is 46.5 Å². The van der Waals surface area contributed by atoms with Crippen molar-refractivity contribution in [3.05, 3.63) is 89.7 Å². The fourth-order valence-corrected chi connectivity index (χ4v) is 2.79. The van der Waals surface area contributed by atoms with Crippen LogP contribution in [-0.4, -0.2) is 10.9 Å². The van der Waals surface area contributed by atoms with E-state index < -0.39 is 5.91 Å². The van der Waals surface area contributed by atoms with Gasteiger partial charge in [0.25, 0.3) is 0 Å². The predicted octanol–water partition coefficient (Wildman–Crippen LogP) is 4.00. The largest absolute Gasteiger partial charge is 0.366 e. The number of primary amides is 1. The lowest BCUT2D eigenvalue weighted by molar-refractivity contribution is 0.1000. The fraction of sp³-hybridized carbons (Fsp3) is 0.100. The van der Waals surface area contributed by atoms with Gasteiger partial charge < -0.3 is 5.73 Å². The topological polar surface area (TPSA) is 56.0 Å². The standard InChI is InChI=1S/C20H18N2O/c1-14(15-5-3-2-4-6-15)19-13-17(20(21)23)7-8-18(19)16-9-11-22-12-10-16/h2-14H,1H3,(H2,21,23). The van der Waals surface area contributed by atoms with Gasteiger partial charge in [0.15, 0.2) is 0 Å². The molecule has 23 heavy (non-hydrogen) atoms. The zero-order valence-electron chi connectivity index (χ0n) is 12.9. The van der Waals surface area contributed by atoms with E-state index in [9.17, 15) is 4.79 Å². The summed E-state index contributed by atoms with van der Waals surface area (Å²) in [7, 11) is 0. The molecule has 2 aromatic carbocycles. The van der Waals surface area contributed by atoms with Crippen LogP contribution < -0.4 is 5.73 Å². The molecule has 0 aliphatic rings. The van der Waals surface area contributed by atoms with Crippen LogP contribution in [0.25, 0.3) is 11.1 Å². The van der Waals surface area contributed by atoms with Crippen LogP contribution in [0.15, 0.2) is 73.1 Å². The molecule has 2 N–H and O–H groups in total. The summed E-state index contributed by atoms with van der Waals surface area (Å²) in [6, 6.07) is 19.8. The highest BCUT2D eigenvalue weighted by molar-refractivity contribution is 5.94. The molecule has 0 saturated heterocycles. The Bertz CT molecular complexity index is 814. The Labute approximate surface area is 135 Å². The molecule has 1 heterocycles. The first-order valence-electron chi connectivity index (χ1n) is 7.56. The summed E-state index contributed by atoms with van der Waals surface area (Å²) in [5.41, 5.74) is 10.4. The molecule has 1 aromatic heterocycles. The Hall–Kier alpha value is -2.94. The van der Waals surface area contributed by atoms with E-state index in [1.54, 1.807) is 18.5 Å². The summed E-state index contributed by atoms with van der Waals surface area (Å²) in [6.45, 7) is 2.14. The van der Waals surface area contributed by atoms with Crippen LogP contribution in [0.2, 0.25) is 0 Å².